The fourth-order valence-corrected chi connectivity index (χ4v) is 3.20. The topological polar surface area (TPSA) is 18.5 Å². The number of hydrogen-bond donors (Lipinski definition) is 0. The zero-order valence-electron chi connectivity index (χ0n) is 12.5. The van der Waals surface area contributed by atoms with E-state index in [4.69, 9.17) is 9.47 Å². The van der Waals surface area contributed by atoms with Crippen LogP contribution < -0.4 is 9.47 Å². The lowest BCUT2D eigenvalue weighted by Gasteiger charge is -2.13. The van der Waals surface area contributed by atoms with E-state index in [1.807, 2.05) is 31.7 Å². The van der Waals surface area contributed by atoms with Gasteiger partial charge in [-0.15, -0.1) is 11.8 Å². The Bertz CT molecular complexity index is 427. The van der Waals surface area contributed by atoms with Crippen molar-refractivity contribution in [2.24, 2.45) is 0 Å². The minimum absolute atomic E-state index is 0.532. The Labute approximate surface area is 121 Å². The minimum Gasteiger partial charge on any atom is -0.493 e. The molecule has 2 rings (SSSR count). The monoisotopic (exact) mass is 280 g/mol. The Kier molecular flexibility index (Phi) is 6.85. The van der Waals surface area contributed by atoms with E-state index in [1.54, 1.807) is 14.2 Å². The molecule has 1 aliphatic rings. The maximum absolute atomic E-state index is 5.34. The lowest BCUT2D eigenvalue weighted by Crippen LogP contribution is -1.94. The first-order valence-electron chi connectivity index (χ1n) is 6.86. The Morgan fingerprint density at radius 3 is 2.37 bits per heavy atom. The van der Waals surface area contributed by atoms with Gasteiger partial charge in [-0.2, -0.15) is 0 Å². The molecule has 1 unspecified atom stereocenters. The van der Waals surface area contributed by atoms with Gasteiger partial charge in [-0.1, -0.05) is 32.9 Å². The molecule has 19 heavy (non-hydrogen) atoms. The molecule has 0 saturated carbocycles. The van der Waals surface area contributed by atoms with Gasteiger partial charge in [0.05, 0.1) is 14.2 Å². The Hall–Kier alpha value is -1.09. The molecule has 3 heteroatoms. The number of methoxy groups -OCH3 is 2. The smallest absolute Gasteiger partial charge is 0.161 e. The number of rotatable bonds is 4. The van der Waals surface area contributed by atoms with Gasteiger partial charge in [0.1, 0.15) is 0 Å². The largest absolute Gasteiger partial charge is 0.493 e. The van der Waals surface area contributed by atoms with Gasteiger partial charge in [0.2, 0.25) is 0 Å². The molecule has 0 amide bonds. The molecular formula is C16H24O2S. The number of allylic oxidation sites excluding steroid dienone is 2. The van der Waals surface area contributed by atoms with Crippen LogP contribution in [-0.2, 0) is 0 Å². The lowest BCUT2D eigenvalue weighted by molar-refractivity contribution is 0.354. The van der Waals surface area contributed by atoms with Crippen LogP contribution in [0.15, 0.2) is 29.2 Å². The summed E-state index contributed by atoms with van der Waals surface area (Å²) < 4.78 is 10.6. The van der Waals surface area contributed by atoms with E-state index < -0.39 is 0 Å². The van der Waals surface area contributed by atoms with Crippen LogP contribution >= 0.6 is 11.8 Å². The van der Waals surface area contributed by atoms with Gasteiger partial charge in [0, 0.05) is 5.25 Å². The summed E-state index contributed by atoms with van der Waals surface area (Å²) in [5, 5.41) is 0.532. The molecule has 0 bridgehead atoms. The van der Waals surface area contributed by atoms with Crippen LogP contribution in [0.3, 0.4) is 0 Å². The summed E-state index contributed by atoms with van der Waals surface area (Å²) in [6.07, 6.45) is 4.59. The van der Waals surface area contributed by atoms with Crippen molar-refractivity contribution in [3.63, 3.8) is 0 Å². The van der Waals surface area contributed by atoms with Gasteiger partial charge < -0.3 is 9.47 Å². The average molecular weight is 280 g/mol. The highest BCUT2D eigenvalue weighted by Crippen LogP contribution is 2.46. The van der Waals surface area contributed by atoms with E-state index in [2.05, 4.69) is 25.1 Å². The molecule has 1 aromatic carbocycles. The minimum atomic E-state index is 0.532. The van der Waals surface area contributed by atoms with Gasteiger partial charge in [-0.3, -0.25) is 0 Å². The van der Waals surface area contributed by atoms with Crippen molar-refractivity contribution in [2.45, 2.75) is 38.9 Å². The van der Waals surface area contributed by atoms with E-state index in [-0.39, 0.29) is 0 Å². The first-order chi connectivity index (χ1) is 9.28. The van der Waals surface area contributed by atoms with E-state index >= 15 is 0 Å². The van der Waals surface area contributed by atoms with E-state index in [1.165, 1.54) is 10.5 Å². The maximum Gasteiger partial charge on any atom is 0.161 e. The standard InChI is InChI=1S/C14H18O2S.C2H6/c1-4-11-6-8-14(17-11)10-5-7-12(15-2)13(9-10)16-3;1-2/h5-7,9,14H,4,8H2,1-3H3;1-2H3. The quantitative estimate of drug-likeness (QED) is 0.755. The normalized spacial score (nSPS) is 17.3. The predicted molar refractivity (Wildman–Crippen MR) is 84.2 cm³/mol. The second-order valence-electron chi connectivity index (χ2n) is 3.98. The highest BCUT2D eigenvalue weighted by atomic mass is 32.2. The average Bonchev–Trinajstić information content (AvgIpc) is 2.97. The predicted octanol–water partition coefficient (Wildman–Crippen LogP) is 5.20. The van der Waals surface area contributed by atoms with E-state index in [0.29, 0.717) is 5.25 Å². The number of benzene rings is 1. The van der Waals surface area contributed by atoms with Gasteiger partial charge in [0.25, 0.3) is 0 Å². The molecule has 106 valence electrons. The highest BCUT2D eigenvalue weighted by molar-refractivity contribution is 8.03. The van der Waals surface area contributed by atoms with Crippen molar-refractivity contribution in [2.75, 3.05) is 14.2 Å². The second-order valence-corrected chi connectivity index (χ2v) is 5.31. The molecule has 1 aromatic rings. The van der Waals surface area contributed by atoms with E-state index in [9.17, 15) is 0 Å². The molecule has 0 radical (unpaired) electrons. The van der Waals surface area contributed by atoms with Crippen molar-refractivity contribution in [1.29, 1.82) is 0 Å². The fourth-order valence-electron chi connectivity index (χ4n) is 2.00. The van der Waals surface area contributed by atoms with Crippen molar-refractivity contribution < 1.29 is 9.47 Å². The van der Waals surface area contributed by atoms with Gasteiger partial charge in [0.15, 0.2) is 11.5 Å². The Morgan fingerprint density at radius 2 is 1.84 bits per heavy atom. The zero-order chi connectivity index (χ0) is 14.3. The molecular weight excluding hydrogens is 256 g/mol. The molecule has 0 fully saturated rings. The summed E-state index contributed by atoms with van der Waals surface area (Å²) in [6, 6.07) is 6.20. The molecule has 0 aliphatic carbocycles. The van der Waals surface area contributed by atoms with Crippen LogP contribution in [0.5, 0.6) is 11.5 Å². The summed E-state index contributed by atoms with van der Waals surface area (Å²) in [5.41, 5.74) is 1.31. The molecule has 1 aliphatic heterocycles. The number of ether oxygens (including phenoxy) is 2. The first-order valence-corrected chi connectivity index (χ1v) is 7.74. The summed E-state index contributed by atoms with van der Waals surface area (Å²) in [4.78, 5) is 1.49. The Morgan fingerprint density at radius 1 is 1.16 bits per heavy atom. The second kappa shape index (κ2) is 8.16. The van der Waals surface area contributed by atoms with Crippen molar-refractivity contribution in [3.8, 4) is 11.5 Å². The Balaban J connectivity index is 0.000000861. The van der Waals surface area contributed by atoms with Crippen LogP contribution in [0.1, 0.15) is 44.4 Å². The third-order valence-electron chi connectivity index (χ3n) is 2.98. The molecule has 1 heterocycles. The zero-order valence-corrected chi connectivity index (χ0v) is 13.3. The summed E-state index contributed by atoms with van der Waals surface area (Å²) >= 11 is 1.96. The third kappa shape index (κ3) is 3.93. The first kappa shape index (κ1) is 16.0. The van der Waals surface area contributed by atoms with Crippen LogP contribution in [0.2, 0.25) is 0 Å². The van der Waals surface area contributed by atoms with Gasteiger partial charge in [-0.05, 0) is 35.4 Å². The van der Waals surface area contributed by atoms with Crippen LogP contribution in [0, 0.1) is 0 Å². The van der Waals surface area contributed by atoms with E-state index in [0.717, 1.165) is 24.3 Å². The SMILES string of the molecule is CC.CCC1=CCC(c2ccc(OC)c(OC)c2)S1. The number of thioether (sulfide) groups is 1. The fraction of sp³-hybridized carbons (Fsp3) is 0.500. The van der Waals surface area contributed by atoms with Crippen LogP contribution in [-0.4, -0.2) is 14.2 Å². The lowest BCUT2D eigenvalue weighted by atomic mass is 10.1. The molecule has 1 atom stereocenters. The van der Waals surface area contributed by atoms with Crippen molar-refractivity contribution in [1.82, 2.24) is 0 Å². The van der Waals surface area contributed by atoms with Crippen LogP contribution in [0.25, 0.3) is 0 Å². The molecule has 0 saturated heterocycles. The van der Waals surface area contributed by atoms with Gasteiger partial charge in [-0.25, -0.2) is 0 Å². The summed E-state index contributed by atoms with van der Waals surface area (Å²) in [6.45, 7) is 6.20. The van der Waals surface area contributed by atoms with Gasteiger partial charge >= 0.3 is 0 Å². The molecule has 0 spiro atoms. The maximum atomic E-state index is 5.34. The van der Waals surface area contributed by atoms with Crippen molar-refractivity contribution >= 4 is 11.8 Å². The molecule has 0 N–H and O–H groups in total. The van der Waals surface area contributed by atoms with Crippen LogP contribution in [0.4, 0.5) is 0 Å². The number of hydrogen-bond acceptors (Lipinski definition) is 3. The third-order valence-corrected chi connectivity index (χ3v) is 4.49. The van der Waals surface area contributed by atoms with Crippen molar-refractivity contribution in [3.05, 3.63) is 34.7 Å². The summed E-state index contributed by atoms with van der Waals surface area (Å²) in [7, 11) is 3.34. The summed E-state index contributed by atoms with van der Waals surface area (Å²) in [5.74, 6) is 1.61. The highest BCUT2D eigenvalue weighted by Gasteiger charge is 2.19. The molecule has 0 aromatic heterocycles. The molecule has 2 nitrogen and oxygen atoms in total.